The fourth-order valence-electron chi connectivity index (χ4n) is 4.64. The van der Waals surface area contributed by atoms with E-state index in [0.717, 1.165) is 29.0 Å². The maximum Gasteiger partial charge on any atom is 0.163 e. The number of ketones is 1. The molecular formula is C27H35FO. The van der Waals surface area contributed by atoms with E-state index < -0.39 is 0 Å². The van der Waals surface area contributed by atoms with Crippen molar-refractivity contribution >= 4 is 5.78 Å². The maximum atomic E-state index is 14.4. The lowest BCUT2D eigenvalue weighted by Crippen LogP contribution is -2.17. The van der Waals surface area contributed by atoms with Gasteiger partial charge < -0.3 is 0 Å². The molecule has 0 unspecified atom stereocenters. The van der Waals surface area contributed by atoms with Gasteiger partial charge in [0.15, 0.2) is 5.78 Å². The van der Waals surface area contributed by atoms with Gasteiger partial charge in [0.1, 0.15) is 5.82 Å². The highest BCUT2D eigenvalue weighted by Crippen LogP contribution is 2.34. The van der Waals surface area contributed by atoms with Gasteiger partial charge in [-0.15, -0.1) is 0 Å². The number of halogens is 1. The zero-order valence-corrected chi connectivity index (χ0v) is 18.1. The Morgan fingerprint density at radius 1 is 0.931 bits per heavy atom. The number of benzene rings is 2. The standard InChI is InChI=1S/C27H35FO/c1-3-5-6-7-21-8-10-22(11-9-21)19-27(29)24-15-13-23(14-16-24)25-17-12-20(4-2)18-26(25)28/h12-18,21-22H,3-11,19H2,1-2H3/t21-,22-. The van der Waals surface area contributed by atoms with Crippen LogP contribution < -0.4 is 0 Å². The lowest BCUT2D eigenvalue weighted by molar-refractivity contribution is 0.0941. The van der Waals surface area contributed by atoms with Crippen LogP contribution in [0, 0.1) is 17.7 Å². The SMILES string of the molecule is CCCCC[C@H]1CC[C@H](CC(=O)c2ccc(-c3ccc(CC)cc3F)cc2)CC1. The van der Waals surface area contributed by atoms with Crippen molar-refractivity contribution in [2.75, 3.05) is 0 Å². The normalized spacial score (nSPS) is 19.3. The quantitative estimate of drug-likeness (QED) is 0.311. The van der Waals surface area contributed by atoms with Gasteiger partial charge in [0.25, 0.3) is 0 Å². The van der Waals surface area contributed by atoms with Crippen molar-refractivity contribution in [1.29, 1.82) is 0 Å². The first-order valence-electron chi connectivity index (χ1n) is 11.5. The number of rotatable bonds is 9. The summed E-state index contributed by atoms with van der Waals surface area (Å²) in [5, 5.41) is 0. The second kappa shape index (κ2) is 10.7. The summed E-state index contributed by atoms with van der Waals surface area (Å²) in [4.78, 5) is 12.7. The zero-order chi connectivity index (χ0) is 20.6. The summed E-state index contributed by atoms with van der Waals surface area (Å²) in [5.74, 6) is 1.44. The summed E-state index contributed by atoms with van der Waals surface area (Å²) in [6.45, 7) is 4.28. The van der Waals surface area contributed by atoms with E-state index in [4.69, 9.17) is 0 Å². The number of carbonyl (C=O) groups is 1. The minimum Gasteiger partial charge on any atom is -0.294 e. The Balaban J connectivity index is 1.53. The van der Waals surface area contributed by atoms with Crippen LogP contribution in [-0.2, 0) is 6.42 Å². The van der Waals surface area contributed by atoms with E-state index >= 15 is 0 Å². The van der Waals surface area contributed by atoms with Crippen molar-refractivity contribution in [3.8, 4) is 11.1 Å². The number of hydrogen-bond donors (Lipinski definition) is 0. The van der Waals surface area contributed by atoms with Gasteiger partial charge in [-0.3, -0.25) is 4.79 Å². The number of carbonyl (C=O) groups excluding carboxylic acids is 1. The molecule has 0 saturated heterocycles. The van der Waals surface area contributed by atoms with Gasteiger partial charge >= 0.3 is 0 Å². The minimum atomic E-state index is -0.195. The van der Waals surface area contributed by atoms with Gasteiger partial charge in [-0.2, -0.15) is 0 Å². The van der Waals surface area contributed by atoms with Crippen LogP contribution in [0.3, 0.4) is 0 Å². The van der Waals surface area contributed by atoms with E-state index in [1.54, 1.807) is 6.07 Å². The lowest BCUT2D eigenvalue weighted by atomic mass is 9.77. The molecule has 0 bridgehead atoms. The highest BCUT2D eigenvalue weighted by molar-refractivity contribution is 5.96. The molecular weight excluding hydrogens is 359 g/mol. The predicted molar refractivity (Wildman–Crippen MR) is 120 cm³/mol. The molecule has 29 heavy (non-hydrogen) atoms. The molecule has 1 fully saturated rings. The molecule has 156 valence electrons. The maximum absolute atomic E-state index is 14.4. The van der Waals surface area contributed by atoms with E-state index in [1.165, 1.54) is 51.4 Å². The molecule has 0 atom stereocenters. The second-order valence-electron chi connectivity index (χ2n) is 8.75. The van der Waals surface area contributed by atoms with Crippen molar-refractivity contribution in [3.05, 3.63) is 59.4 Å². The fraction of sp³-hybridized carbons (Fsp3) is 0.519. The smallest absolute Gasteiger partial charge is 0.163 e. The fourth-order valence-corrected chi connectivity index (χ4v) is 4.64. The highest BCUT2D eigenvalue weighted by Gasteiger charge is 2.23. The Labute approximate surface area is 175 Å². The molecule has 0 heterocycles. The number of Topliss-reactive ketones (excluding diaryl/α,β-unsaturated/α-hetero) is 1. The third-order valence-electron chi connectivity index (χ3n) is 6.62. The second-order valence-corrected chi connectivity index (χ2v) is 8.75. The Morgan fingerprint density at radius 2 is 1.62 bits per heavy atom. The van der Waals surface area contributed by atoms with E-state index in [1.807, 2.05) is 43.3 Å². The first-order valence-corrected chi connectivity index (χ1v) is 11.5. The van der Waals surface area contributed by atoms with Gasteiger partial charge in [0.2, 0.25) is 0 Å². The molecule has 1 aliphatic rings. The van der Waals surface area contributed by atoms with Crippen LogP contribution >= 0.6 is 0 Å². The van der Waals surface area contributed by atoms with Crippen molar-refractivity contribution < 1.29 is 9.18 Å². The molecule has 2 aromatic rings. The predicted octanol–water partition coefficient (Wildman–Crippen LogP) is 8.01. The topological polar surface area (TPSA) is 17.1 Å². The largest absolute Gasteiger partial charge is 0.294 e. The van der Waals surface area contributed by atoms with Gasteiger partial charge in [0, 0.05) is 17.5 Å². The van der Waals surface area contributed by atoms with Gasteiger partial charge in [-0.05, 0) is 48.3 Å². The average molecular weight is 395 g/mol. The van der Waals surface area contributed by atoms with Crippen LogP contribution in [0.4, 0.5) is 4.39 Å². The van der Waals surface area contributed by atoms with E-state index in [-0.39, 0.29) is 11.6 Å². The molecule has 3 rings (SSSR count). The summed E-state index contributed by atoms with van der Waals surface area (Å²) in [7, 11) is 0. The molecule has 1 nitrogen and oxygen atoms in total. The number of aryl methyl sites for hydroxylation is 1. The zero-order valence-electron chi connectivity index (χ0n) is 18.1. The average Bonchev–Trinajstić information content (AvgIpc) is 2.75. The van der Waals surface area contributed by atoms with E-state index in [2.05, 4.69) is 6.92 Å². The molecule has 1 saturated carbocycles. The van der Waals surface area contributed by atoms with Crippen LogP contribution in [0.2, 0.25) is 0 Å². The summed E-state index contributed by atoms with van der Waals surface area (Å²) in [6.07, 6.45) is 11.8. The molecule has 1 aliphatic carbocycles. The highest BCUT2D eigenvalue weighted by atomic mass is 19.1. The van der Waals surface area contributed by atoms with Crippen molar-refractivity contribution in [1.82, 2.24) is 0 Å². The third kappa shape index (κ3) is 6.01. The van der Waals surface area contributed by atoms with Crippen molar-refractivity contribution in [3.63, 3.8) is 0 Å². The van der Waals surface area contributed by atoms with E-state index in [0.29, 0.717) is 17.9 Å². The summed E-state index contributed by atoms with van der Waals surface area (Å²) in [5.41, 5.74) is 3.18. The Kier molecular flexibility index (Phi) is 8.03. The van der Waals surface area contributed by atoms with Crippen molar-refractivity contribution in [2.24, 2.45) is 11.8 Å². The number of unbranched alkanes of at least 4 members (excludes halogenated alkanes) is 2. The molecule has 0 radical (unpaired) electrons. The van der Waals surface area contributed by atoms with Crippen LogP contribution in [0.25, 0.3) is 11.1 Å². The molecule has 0 N–H and O–H groups in total. The van der Waals surface area contributed by atoms with Gasteiger partial charge in [-0.1, -0.05) is 88.8 Å². The molecule has 0 amide bonds. The molecule has 0 aliphatic heterocycles. The Morgan fingerprint density at radius 3 is 2.24 bits per heavy atom. The molecule has 0 aromatic heterocycles. The first-order chi connectivity index (χ1) is 14.1. The third-order valence-corrected chi connectivity index (χ3v) is 6.62. The lowest BCUT2D eigenvalue weighted by Gasteiger charge is -2.28. The van der Waals surface area contributed by atoms with Crippen LogP contribution in [0.5, 0.6) is 0 Å². The summed E-state index contributed by atoms with van der Waals surface area (Å²) >= 11 is 0. The first kappa shape index (κ1) is 21.7. The van der Waals surface area contributed by atoms with Gasteiger partial charge in [-0.25, -0.2) is 4.39 Å². The molecule has 0 spiro atoms. The minimum absolute atomic E-state index is 0.195. The Bertz CT molecular complexity index is 785. The molecule has 2 aromatic carbocycles. The Hall–Kier alpha value is -1.96. The monoisotopic (exact) mass is 394 g/mol. The van der Waals surface area contributed by atoms with Gasteiger partial charge in [0.05, 0.1) is 0 Å². The van der Waals surface area contributed by atoms with Crippen molar-refractivity contribution in [2.45, 2.75) is 78.1 Å². The van der Waals surface area contributed by atoms with E-state index in [9.17, 15) is 9.18 Å². The van der Waals surface area contributed by atoms with Crippen LogP contribution in [-0.4, -0.2) is 5.78 Å². The summed E-state index contributed by atoms with van der Waals surface area (Å²) in [6, 6.07) is 12.9. The van der Waals surface area contributed by atoms with Crippen LogP contribution in [0.1, 0.15) is 87.6 Å². The number of hydrogen-bond acceptors (Lipinski definition) is 1. The summed E-state index contributed by atoms with van der Waals surface area (Å²) < 4.78 is 14.4. The molecule has 2 heteroatoms. The van der Waals surface area contributed by atoms with Crippen LogP contribution in [0.15, 0.2) is 42.5 Å².